The van der Waals surface area contributed by atoms with Gasteiger partial charge in [-0.3, -0.25) is 19.6 Å². The molecule has 3 aliphatic rings. The number of β-amino-alcohol motifs (C(OH)–C–C–N with tert-alkyl or cyclic N) is 1. The highest BCUT2D eigenvalue weighted by Crippen LogP contribution is 2.35. The molecule has 22 heteroatoms. The number of nitrogens with zero attached hydrogens (tertiary/aromatic N) is 4. The van der Waals surface area contributed by atoms with Crippen LogP contribution >= 0.6 is 11.3 Å². The molecule has 290 valence electrons. The number of aromatic nitrogens is 1. The molecule has 0 radical (unpaired) electrons. The Morgan fingerprint density at radius 1 is 1.26 bits per heavy atom. The van der Waals surface area contributed by atoms with Crippen LogP contribution in [0.3, 0.4) is 0 Å². The van der Waals surface area contributed by atoms with Crippen LogP contribution in [0.4, 0.5) is 5.13 Å². The van der Waals surface area contributed by atoms with Crippen molar-refractivity contribution < 1.29 is 51.4 Å². The van der Waals surface area contributed by atoms with Gasteiger partial charge in [-0.25, -0.2) is 9.78 Å². The monoisotopic (exact) mass is 781 g/mol. The molecule has 5 rings (SSSR count). The van der Waals surface area contributed by atoms with E-state index in [-0.39, 0.29) is 35.7 Å². The number of nitrogens with two attached hydrogens (primary N) is 2. The summed E-state index contributed by atoms with van der Waals surface area (Å²) in [6.45, 7) is 6.23. The summed E-state index contributed by atoms with van der Waals surface area (Å²) in [4.78, 5) is 50.6. The highest BCUT2D eigenvalue weighted by atomic mass is 32.3. The number of fused-ring (bicyclic) bond motifs is 1. The number of amides is 2. The first-order valence-electron chi connectivity index (χ1n) is 16.6. The number of rotatable bonds is 14. The Bertz CT molecular complexity index is 1880. The van der Waals surface area contributed by atoms with Crippen molar-refractivity contribution >= 4 is 56.2 Å². The molecule has 10 N–H and O–H groups in total. The molecule has 0 spiro atoms. The van der Waals surface area contributed by atoms with E-state index in [0.29, 0.717) is 29.3 Å². The molecule has 2 saturated heterocycles. The van der Waals surface area contributed by atoms with E-state index < -0.39 is 63.3 Å². The van der Waals surface area contributed by atoms with Crippen molar-refractivity contribution in [3.05, 3.63) is 40.4 Å². The number of benzene rings is 1. The Morgan fingerprint density at radius 3 is 2.55 bits per heavy atom. The Kier molecular flexibility index (Phi) is 11.6. The summed E-state index contributed by atoms with van der Waals surface area (Å²) in [5.74, 6) is -2.86. The van der Waals surface area contributed by atoms with Crippen LogP contribution in [-0.4, -0.2) is 129 Å². The lowest BCUT2D eigenvalue weighted by atomic mass is 9.84. The largest absolute Gasteiger partial charge is 0.485 e. The number of hydrogen-bond acceptors (Lipinski definition) is 16. The first-order valence-corrected chi connectivity index (χ1v) is 18.8. The van der Waals surface area contributed by atoms with E-state index in [1.165, 1.54) is 26.2 Å². The van der Waals surface area contributed by atoms with Crippen LogP contribution in [0.25, 0.3) is 0 Å². The second-order valence-corrected chi connectivity index (χ2v) is 15.6. The van der Waals surface area contributed by atoms with Gasteiger partial charge in [0.1, 0.15) is 23.3 Å². The number of ether oxygens (including phenoxy) is 1. The second kappa shape index (κ2) is 15.5. The molecule has 2 aromatic rings. The number of piperidine rings is 1. The molecule has 0 bridgehead atoms. The number of anilines is 1. The molecule has 4 heterocycles. The fourth-order valence-electron chi connectivity index (χ4n) is 6.25. The lowest BCUT2D eigenvalue weighted by Gasteiger charge is -2.50. The normalized spacial score (nSPS) is 22.4. The average Bonchev–Trinajstić information content (AvgIpc) is 3.54. The zero-order chi connectivity index (χ0) is 38.9. The fraction of sp³-hybridized carbons (Fsp3) is 0.548. The van der Waals surface area contributed by atoms with E-state index in [4.69, 9.17) is 31.0 Å². The van der Waals surface area contributed by atoms with E-state index >= 15 is 0 Å². The highest BCUT2D eigenvalue weighted by molar-refractivity contribution is 7.80. The number of aryl methyl sites for hydroxylation is 1. The highest BCUT2D eigenvalue weighted by Gasteiger charge is 2.58. The Morgan fingerprint density at radius 2 is 1.96 bits per heavy atom. The molecule has 2 amide bonds. The molecule has 4 unspecified atom stereocenters. The number of carboxylic acids is 1. The van der Waals surface area contributed by atoms with Crippen LogP contribution < -0.4 is 26.8 Å². The third kappa shape index (κ3) is 8.86. The van der Waals surface area contributed by atoms with Gasteiger partial charge in [0.25, 0.3) is 17.4 Å². The molecule has 2 fully saturated rings. The van der Waals surface area contributed by atoms with Crippen molar-refractivity contribution in [1.82, 2.24) is 25.6 Å². The van der Waals surface area contributed by atoms with Gasteiger partial charge in [0, 0.05) is 43.2 Å². The summed E-state index contributed by atoms with van der Waals surface area (Å²) in [5, 5.41) is 40.2. The summed E-state index contributed by atoms with van der Waals surface area (Å²) in [7, 11) is -5.04. The maximum atomic E-state index is 13.5. The maximum absolute atomic E-state index is 13.5. The predicted octanol–water partition coefficient (Wildman–Crippen LogP) is -0.778. The lowest BCUT2D eigenvalue weighted by Crippen LogP contribution is -2.76. The van der Waals surface area contributed by atoms with Crippen molar-refractivity contribution in [2.75, 3.05) is 31.9 Å². The smallest absolute Gasteiger partial charge is 0.418 e. The summed E-state index contributed by atoms with van der Waals surface area (Å²) >= 11 is 0.957. The lowest BCUT2D eigenvalue weighted by molar-refractivity contribution is -0.218. The Balaban J connectivity index is 1.27. The topological polar surface area (TPSA) is 305 Å². The summed E-state index contributed by atoms with van der Waals surface area (Å²) in [5.41, 5.74) is 8.46. The van der Waals surface area contributed by atoms with Gasteiger partial charge in [-0.05, 0) is 70.2 Å². The van der Waals surface area contributed by atoms with Gasteiger partial charge in [0.15, 0.2) is 16.9 Å². The molecule has 1 aromatic carbocycles. The standard InChI is InChI=1S/C31H43N9O11S2/c1-30(2)24(27(43)40(30)51-53(46,47)48)37-26(42)23(20-15-52-29(34)36-20)38-50-31(3,28(44)45)22-7-5-16-12-17(4-6-21(16)49-22)25(33)35-18-8-10-39(11-9-18)14-19(41)13-32/h4,6,12,15,18-19,22,24,41H,5,7-11,13-14,32H2,1-3H3,(H2,33,35)(H2,34,36)(H,37,42)(H,44,45)(H,46,47,48). The number of oxime groups is 1. The van der Waals surface area contributed by atoms with Crippen molar-refractivity contribution in [2.24, 2.45) is 10.9 Å². The molecule has 1 aromatic heterocycles. The van der Waals surface area contributed by atoms with Crippen LogP contribution in [0, 0.1) is 5.41 Å². The van der Waals surface area contributed by atoms with Gasteiger partial charge in [-0.15, -0.1) is 15.6 Å². The minimum atomic E-state index is -5.04. The first-order chi connectivity index (χ1) is 24.8. The van der Waals surface area contributed by atoms with Crippen molar-refractivity contribution in [2.45, 2.75) is 81.9 Å². The number of β-lactam (4-membered cyclic amide) rings is 1. The van der Waals surface area contributed by atoms with E-state index in [9.17, 15) is 33.0 Å². The van der Waals surface area contributed by atoms with Crippen LogP contribution in [0.15, 0.2) is 28.7 Å². The van der Waals surface area contributed by atoms with Gasteiger partial charge in [0.2, 0.25) is 0 Å². The number of hydrogen-bond donors (Lipinski definition) is 8. The number of carboxylic acid groups (broad SMARTS) is 1. The molecule has 53 heavy (non-hydrogen) atoms. The zero-order valence-corrected chi connectivity index (χ0v) is 30.8. The van der Waals surface area contributed by atoms with Crippen LogP contribution in [0.5, 0.6) is 5.75 Å². The molecular formula is C31H43N9O11S2. The number of thiazole rings is 1. The van der Waals surface area contributed by atoms with E-state index in [1.54, 1.807) is 12.1 Å². The van der Waals surface area contributed by atoms with Gasteiger partial charge in [0.05, 0.1) is 11.6 Å². The van der Waals surface area contributed by atoms with Crippen molar-refractivity contribution in [3.8, 4) is 5.75 Å². The number of nitrogens with one attached hydrogen (secondary N) is 3. The quantitative estimate of drug-likeness (QED) is 0.0383. The van der Waals surface area contributed by atoms with E-state index in [1.807, 2.05) is 6.07 Å². The van der Waals surface area contributed by atoms with Crippen LogP contribution in [0.1, 0.15) is 56.9 Å². The number of aliphatic hydroxyl groups excluding tert-OH is 1. The molecule has 0 saturated carbocycles. The number of nitrogen functional groups attached to an aromatic ring is 1. The van der Waals surface area contributed by atoms with Gasteiger partial charge in [-0.1, -0.05) is 5.16 Å². The Labute approximate surface area is 308 Å². The Hall–Kier alpha value is -4.45. The minimum Gasteiger partial charge on any atom is -0.485 e. The SMILES string of the molecule is CC(ON=C(C(=O)NC1C(=O)N(OS(=O)(=O)O)C1(C)C)c1csc(N)n1)(C(=O)O)C1CCc2cc(C(=N)NC3CCN(CC(O)CN)CC3)ccc2O1. The van der Waals surface area contributed by atoms with E-state index in [0.717, 1.165) is 42.8 Å². The number of hydroxylamine groups is 2. The van der Waals surface area contributed by atoms with Crippen molar-refractivity contribution in [1.29, 1.82) is 5.41 Å². The molecule has 3 aliphatic heterocycles. The number of aliphatic hydroxyl groups is 1. The number of likely N-dealkylation sites (tertiary alicyclic amines) is 1. The molecule has 0 aliphatic carbocycles. The maximum Gasteiger partial charge on any atom is 0.418 e. The van der Waals surface area contributed by atoms with Gasteiger partial charge >= 0.3 is 16.4 Å². The molecule has 20 nitrogen and oxygen atoms in total. The summed E-state index contributed by atoms with van der Waals surface area (Å²) in [6, 6.07) is 3.89. The van der Waals surface area contributed by atoms with Crippen LogP contribution in [0.2, 0.25) is 0 Å². The summed E-state index contributed by atoms with van der Waals surface area (Å²) < 4.78 is 41.8. The minimum absolute atomic E-state index is 0.0496. The van der Waals surface area contributed by atoms with E-state index in [2.05, 4.69) is 30.0 Å². The zero-order valence-electron chi connectivity index (χ0n) is 29.1. The number of amidine groups is 1. The van der Waals surface area contributed by atoms with Crippen molar-refractivity contribution in [3.63, 3.8) is 0 Å². The third-order valence-electron chi connectivity index (χ3n) is 9.44. The van der Waals surface area contributed by atoms with Gasteiger partial charge < -0.3 is 46.8 Å². The molecular weight excluding hydrogens is 739 g/mol. The van der Waals surface area contributed by atoms with Gasteiger partial charge in [-0.2, -0.15) is 13.5 Å². The third-order valence-corrected chi connectivity index (χ3v) is 10.4. The average molecular weight is 782 g/mol. The second-order valence-electron chi connectivity index (χ2n) is 13.7. The first kappa shape index (κ1) is 39.8. The fourth-order valence-corrected chi connectivity index (χ4v) is 7.25. The molecule has 4 atom stereocenters. The van der Waals surface area contributed by atoms with Crippen LogP contribution in [-0.2, 0) is 40.3 Å². The number of carbonyl (C=O) groups is 3. The number of carbonyl (C=O) groups excluding carboxylic acids is 2. The number of aliphatic carboxylic acids is 1. The predicted molar refractivity (Wildman–Crippen MR) is 189 cm³/mol. The summed E-state index contributed by atoms with van der Waals surface area (Å²) in [6.07, 6.45) is 0.477.